The highest BCUT2D eigenvalue weighted by molar-refractivity contribution is 5.94. The van der Waals surface area contributed by atoms with Gasteiger partial charge in [-0.2, -0.15) is 0 Å². The van der Waals surface area contributed by atoms with E-state index in [1.807, 2.05) is 6.07 Å². The molecule has 1 amide bonds. The van der Waals surface area contributed by atoms with E-state index in [1.165, 1.54) is 0 Å². The van der Waals surface area contributed by atoms with Gasteiger partial charge in [0, 0.05) is 19.2 Å². The largest absolute Gasteiger partial charge is 0.480 e. The molecule has 0 aliphatic carbocycles. The Balaban J connectivity index is 2.03. The lowest BCUT2D eigenvalue weighted by Gasteiger charge is -2.28. The highest BCUT2D eigenvalue weighted by Gasteiger charge is 2.24. The number of carboxylic acid groups (broad SMARTS) is 1. The van der Waals surface area contributed by atoms with Crippen molar-refractivity contribution in [2.45, 2.75) is 31.7 Å². The molecule has 2 heterocycles. The quantitative estimate of drug-likeness (QED) is 0.827. The van der Waals surface area contributed by atoms with E-state index in [4.69, 9.17) is 10.8 Å². The predicted molar refractivity (Wildman–Crippen MR) is 69.8 cm³/mol. The zero-order valence-corrected chi connectivity index (χ0v) is 10.6. The third kappa shape index (κ3) is 3.08. The van der Waals surface area contributed by atoms with Crippen molar-refractivity contribution >= 4 is 17.6 Å². The second kappa shape index (κ2) is 5.79. The van der Waals surface area contributed by atoms with Gasteiger partial charge in [-0.15, -0.1) is 0 Å². The summed E-state index contributed by atoms with van der Waals surface area (Å²) in [6.45, 7) is 0.653. The number of carbonyl (C=O) groups is 2. The fourth-order valence-corrected chi connectivity index (χ4v) is 2.19. The van der Waals surface area contributed by atoms with Crippen LogP contribution in [0.3, 0.4) is 0 Å². The molecule has 0 spiro atoms. The number of carbonyl (C=O) groups excluding carboxylic acids is 1. The van der Waals surface area contributed by atoms with Crippen LogP contribution in [0.15, 0.2) is 18.3 Å². The molecule has 0 radical (unpaired) electrons. The van der Waals surface area contributed by atoms with Gasteiger partial charge >= 0.3 is 5.97 Å². The number of pyridine rings is 1. The average molecular weight is 263 g/mol. The molecule has 19 heavy (non-hydrogen) atoms. The van der Waals surface area contributed by atoms with Crippen LogP contribution >= 0.6 is 0 Å². The number of carboxylic acids is 1. The van der Waals surface area contributed by atoms with Crippen LogP contribution < -0.4 is 10.6 Å². The Labute approximate surface area is 111 Å². The van der Waals surface area contributed by atoms with Crippen LogP contribution in [0.1, 0.15) is 25.0 Å². The summed E-state index contributed by atoms with van der Waals surface area (Å²) in [5.41, 5.74) is 7.16. The van der Waals surface area contributed by atoms with Crippen LogP contribution in [-0.2, 0) is 16.0 Å². The average Bonchev–Trinajstić information content (AvgIpc) is 2.43. The number of nitrogens with two attached hydrogens (primary N) is 1. The molecule has 0 unspecified atom stereocenters. The van der Waals surface area contributed by atoms with Gasteiger partial charge in [0.15, 0.2) is 0 Å². The third-order valence-corrected chi connectivity index (χ3v) is 3.24. The summed E-state index contributed by atoms with van der Waals surface area (Å²) in [6, 6.07) is 2.69. The molecule has 2 rings (SSSR count). The minimum Gasteiger partial charge on any atom is -0.480 e. The lowest BCUT2D eigenvalue weighted by Crippen LogP contribution is -2.38. The molecule has 0 fully saturated rings. The van der Waals surface area contributed by atoms with Crippen molar-refractivity contribution in [3.05, 3.63) is 24.0 Å². The molecule has 1 atom stereocenters. The van der Waals surface area contributed by atoms with Crippen molar-refractivity contribution in [2.75, 3.05) is 11.4 Å². The SMILES string of the molecule is N[C@@H](CCC(=O)N1CCCc2ncccc21)C(=O)O. The molecule has 6 nitrogen and oxygen atoms in total. The third-order valence-electron chi connectivity index (χ3n) is 3.24. The summed E-state index contributed by atoms with van der Waals surface area (Å²) >= 11 is 0. The second-order valence-electron chi connectivity index (χ2n) is 4.60. The van der Waals surface area contributed by atoms with Gasteiger partial charge in [0.25, 0.3) is 0 Å². The zero-order chi connectivity index (χ0) is 13.8. The van der Waals surface area contributed by atoms with Gasteiger partial charge in [0.2, 0.25) is 5.91 Å². The Morgan fingerprint density at radius 3 is 3.05 bits per heavy atom. The summed E-state index contributed by atoms with van der Waals surface area (Å²) in [7, 11) is 0. The van der Waals surface area contributed by atoms with Crippen molar-refractivity contribution < 1.29 is 14.7 Å². The Bertz CT molecular complexity index is 490. The van der Waals surface area contributed by atoms with Gasteiger partial charge in [-0.1, -0.05) is 0 Å². The van der Waals surface area contributed by atoms with Gasteiger partial charge in [-0.25, -0.2) is 0 Å². The first-order valence-corrected chi connectivity index (χ1v) is 6.32. The molecule has 1 aromatic rings. The topological polar surface area (TPSA) is 96.5 Å². The van der Waals surface area contributed by atoms with Crippen molar-refractivity contribution in [1.82, 2.24) is 4.98 Å². The minimum atomic E-state index is -1.08. The van der Waals surface area contributed by atoms with Crippen LogP contribution in [0.2, 0.25) is 0 Å². The maximum Gasteiger partial charge on any atom is 0.320 e. The van der Waals surface area contributed by atoms with Crippen LogP contribution in [0, 0.1) is 0 Å². The lowest BCUT2D eigenvalue weighted by atomic mass is 10.1. The number of hydrogen-bond donors (Lipinski definition) is 2. The number of aromatic nitrogens is 1. The van der Waals surface area contributed by atoms with E-state index in [0.717, 1.165) is 24.2 Å². The van der Waals surface area contributed by atoms with Crippen LogP contribution in [0.25, 0.3) is 0 Å². The number of amides is 1. The van der Waals surface area contributed by atoms with Gasteiger partial charge in [-0.05, 0) is 31.4 Å². The summed E-state index contributed by atoms with van der Waals surface area (Å²) in [5, 5.41) is 8.70. The fraction of sp³-hybridized carbons (Fsp3) is 0.462. The smallest absolute Gasteiger partial charge is 0.320 e. The molecular formula is C13H17N3O3. The second-order valence-corrected chi connectivity index (χ2v) is 4.60. The molecule has 0 saturated carbocycles. The molecule has 0 saturated heterocycles. The Morgan fingerprint density at radius 2 is 2.32 bits per heavy atom. The minimum absolute atomic E-state index is 0.0920. The number of aliphatic carboxylic acids is 1. The van der Waals surface area contributed by atoms with E-state index in [1.54, 1.807) is 17.2 Å². The van der Waals surface area contributed by atoms with E-state index in [0.29, 0.717) is 6.54 Å². The van der Waals surface area contributed by atoms with Gasteiger partial charge in [-0.3, -0.25) is 14.6 Å². The van der Waals surface area contributed by atoms with Gasteiger partial charge < -0.3 is 15.7 Å². The molecule has 1 aromatic heterocycles. The first-order valence-electron chi connectivity index (χ1n) is 6.32. The van der Waals surface area contributed by atoms with Gasteiger partial charge in [0.1, 0.15) is 6.04 Å². The van der Waals surface area contributed by atoms with Crippen molar-refractivity contribution in [3.63, 3.8) is 0 Å². The van der Waals surface area contributed by atoms with Crippen LogP contribution in [0.5, 0.6) is 0 Å². The highest BCUT2D eigenvalue weighted by Crippen LogP contribution is 2.25. The molecule has 102 valence electrons. The first kappa shape index (κ1) is 13.5. The fourth-order valence-electron chi connectivity index (χ4n) is 2.19. The molecule has 1 aliphatic rings. The van der Waals surface area contributed by atoms with E-state index >= 15 is 0 Å². The van der Waals surface area contributed by atoms with Crippen molar-refractivity contribution in [1.29, 1.82) is 0 Å². The van der Waals surface area contributed by atoms with Crippen molar-refractivity contribution in [3.8, 4) is 0 Å². The molecule has 6 heteroatoms. The molecular weight excluding hydrogens is 246 g/mol. The van der Waals surface area contributed by atoms with Crippen LogP contribution in [-0.4, -0.2) is 34.6 Å². The number of anilines is 1. The normalized spacial score (nSPS) is 15.7. The maximum atomic E-state index is 12.1. The standard InChI is InChI=1S/C13H17N3O3/c14-9(13(18)19)5-6-12(17)16-8-2-3-10-11(16)4-1-7-15-10/h1,4,7,9H,2-3,5-6,8,14H2,(H,18,19)/t9-/m0/s1. The number of nitrogens with zero attached hydrogens (tertiary/aromatic N) is 2. The number of aryl methyl sites for hydroxylation is 1. The monoisotopic (exact) mass is 263 g/mol. The molecule has 3 N–H and O–H groups in total. The lowest BCUT2D eigenvalue weighted by molar-refractivity contribution is -0.138. The molecule has 1 aliphatic heterocycles. The molecule has 0 bridgehead atoms. The summed E-state index contributed by atoms with van der Waals surface area (Å²) in [4.78, 5) is 28.7. The van der Waals surface area contributed by atoms with E-state index in [2.05, 4.69) is 4.98 Å². The summed E-state index contributed by atoms with van der Waals surface area (Å²) in [6.07, 6.45) is 3.75. The van der Waals surface area contributed by atoms with Crippen LogP contribution in [0.4, 0.5) is 5.69 Å². The Hall–Kier alpha value is -1.95. The zero-order valence-electron chi connectivity index (χ0n) is 10.6. The first-order chi connectivity index (χ1) is 9.09. The number of rotatable bonds is 4. The van der Waals surface area contributed by atoms with E-state index < -0.39 is 12.0 Å². The van der Waals surface area contributed by atoms with Gasteiger partial charge in [0.05, 0.1) is 11.4 Å². The van der Waals surface area contributed by atoms with E-state index in [9.17, 15) is 9.59 Å². The highest BCUT2D eigenvalue weighted by atomic mass is 16.4. The van der Waals surface area contributed by atoms with E-state index in [-0.39, 0.29) is 18.7 Å². The number of fused-ring (bicyclic) bond motifs is 1. The van der Waals surface area contributed by atoms with Crippen molar-refractivity contribution in [2.24, 2.45) is 5.73 Å². The Kier molecular flexibility index (Phi) is 4.11. The summed E-state index contributed by atoms with van der Waals surface area (Å²) in [5.74, 6) is -1.17. The number of hydrogen-bond acceptors (Lipinski definition) is 4. The molecule has 0 aromatic carbocycles. The summed E-state index contributed by atoms with van der Waals surface area (Å²) < 4.78 is 0. The predicted octanol–water partition coefficient (Wildman–Crippen LogP) is 0.553. The Morgan fingerprint density at radius 1 is 1.53 bits per heavy atom. The maximum absolute atomic E-state index is 12.1.